The molecule has 0 unspecified atom stereocenters. The highest BCUT2D eigenvalue weighted by Gasteiger charge is 2.44. The Balaban J connectivity index is 0.745. The molecule has 0 spiro atoms. The van der Waals surface area contributed by atoms with Gasteiger partial charge in [-0.2, -0.15) is 13.2 Å². The molecule has 458 valence electrons. The molecule has 0 aliphatic carbocycles. The number of nitrogens with zero attached hydrogens (tertiary/aromatic N) is 8. The molecule has 3 aliphatic heterocycles. The number of aromatic nitrogens is 3. The maximum Gasteiger partial charge on any atom is 0.417 e. The third kappa shape index (κ3) is 16.4. The molecular formula is C64H80F5N9O6S. The minimum atomic E-state index is -5.02. The molecule has 5 atom stereocenters. The van der Waals surface area contributed by atoms with Gasteiger partial charge in [0.1, 0.15) is 17.4 Å². The third-order valence-electron chi connectivity index (χ3n) is 17.1. The minimum absolute atomic E-state index is 0.00837. The number of hydrogen-bond donors (Lipinski definition) is 2. The topological polar surface area (TPSA) is 172 Å². The van der Waals surface area contributed by atoms with Crippen LogP contribution in [0.5, 0.6) is 0 Å². The van der Waals surface area contributed by atoms with Crippen LogP contribution in [0.3, 0.4) is 0 Å². The number of carbonyl (C=O) groups is 5. The number of benzene rings is 3. The van der Waals surface area contributed by atoms with E-state index >= 15 is 4.39 Å². The van der Waals surface area contributed by atoms with Gasteiger partial charge in [-0.05, 0) is 94.0 Å². The molecule has 3 saturated heterocycles. The van der Waals surface area contributed by atoms with Crippen molar-refractivity contribution < 1.29 is 51.0 Å². The van der Waals surface area contributed by atoms with Gasteiger partial charge in [-0.3, -0.25) is 28.9 Å². The summed E-state index contributed by atoms with van der Waals surface area (Å²) >= 11 is 1.59. The van der Waals surface area contributed by atoms with Crippen molar-refractivity contribution in [2.45, 2.75) is 155 Å². The lowest BCUT2D eigenvalue weighted by atomic mass is 9.76. The van der Waals surface area contributed by atoms with Crippen LogP contribution >= 0.6 is 11.3 Å². The Morgan fingerprint density at radius 2 is 1.40 bits per heavy atom. The van der Waals surface area contributed by atoms with Crippen molar-refractivity contribution in [2.24, 2.45) is 11.3 Å². The van der Waals surface area contributed by atoms with Crippen LogP contribution in [0, 0.1) is 29.9 Å². The van der Waals surface area contributed by atoms with Gasteiger partial charge in [-0.1, -0.05) is 77.1 Å². The molecule has 8 rings (SSSR count). The predicted molar refractivity (Wildman–Crippen MR) is 320 cm³/mol. The molecule has 5 heterocycles. The fraction of sp³-hybridized carbons (Fsp3) is 0.531. The summed E-state index contributed by atoms with van der Waals surface area (Å²) in [6.07, 6.45) is 5.00. The molecule has 0 bridgehead atoms. The first-order valence-corrected chi connectivity index (χ1v) is 30.6. The number of likely N-dealkylation sites (tertiary alicyclic amines) is 1. The number of thiazole rings is 1. The molecule has 21 heteroatoms. The van der Waals surface area contributed by atoms with Gasteiger partial charge in [0.15, 0.2) is 5.78 Å². The number of amides is 3. The lowest BCUT2D eigenvalue weighted by Gasteiger charge is -2.44. The molecule has 2 N–H and O–H groups in total. The number of ketones is 2. The maximum atomic E-state index is 16.2. The molecule has 15 nitrogen and oxygen atoms in total. The average molecular weight is 1200 g/mol. The molecule has 2 aromatic heterocycles. The summed E-state index contributed by atoms with van der Waals surface area (Å²) in [5.41, 5.74) is 2.74. The van der Waals surface area contributed by atoms with E-state index in [2.05, 4.69) is 25.2 Å². The molecule has 85 heavy (non-hydrogen) atoms. The predicted octanol–water partition coefficient (Wildman–Crippen LogP) is 11.6. The lowest BCUT2D eigenvalue weighted by molar-refractivity contribution is -0.146. The number of hydrogen-bond acceptors (Lipinski definition) is 13. The Morgan fingerprint density at radius 3 is 2.01 bits per heavy atom. The van der Waals surface area contributed by atoms with E-state index in [9.17, 15) is 46.6 Å². The van der Waals surface area contributed by atoms with Crippen LogP contribution in [0.2, 0.25) is 0 Å². The van der Waals surface area contributed by atoms with Crippen molar-refractivity contribution in [2.75, 3.05) is 68.0 Å². The van der Waals surface area contributed by atoms with Crippen molar-refractivity contribution in [1.82, 2.24) is 29.7 Å². The highest BCUT2D eigenvalue weighted by Crippen LogP contribution is 2.39. The second-order valence-corrected chi connectivity index (χ2v) is 25.2. The number of rotatable bonds is 23. The van der Waals surface area contributed by atoms with Gasteiger partial charge >= 0.3 is 6.18 Å². The van der Waals surface area contributed by atoms with Gasteiger partial charge in [-0.15, -0.1) is 11.3 Å². The standard InChI is InChI=1S/C64H80F5N9O6S/c1-40-36-77(37-41(2)74(40)7)55-33-53(66)50(32-54(55)73-60(83)49-23-22-46(65)29-51(49)64(67,68)69)45-34-70-62(71-35-45)76-27-25-75(26-28-76)58(82)16-14-12-10-8-9-11-13-15-47(79)30-52(63(4,5)6)61(84)78-38-48(80)31-56(78)57(81)24-19-43-17-20-44(21-18-43)59-42(3)72-39-85-59/h17-18,20-23,29,32-35,39-41,48,52,56,80H,8-16,19,24-28,30-31,36-38H2,1-7H3,(H,73,83)/t40-,41+,48-,52-,56+/m1/s1. The van der Waals surface area contributed by atoms with Crippen LogP contribution in [0.4, 0.5) is 39.3 Å². The van der Waals surface area contributed by atoms with Gasteiger partial charge in [0.05, 0.1) is 50.7 Å². The number of likely N-dealkylation sites (N-methyl/N-ethyl adjacent to an activating group) is 1. The molecule has 0 saturated carbocycles. The Labute approximate surface area is 499 Å². The van der Waals surface area contributed by atoms with E-state index in [4.69, 9.17) is 0 Å². The smallest absolute Gasteiger partial charge is 0.391 e. The second-order valence-electron chi connectivity index (χ2n) is 24.4. The van der Waals surface area contributed by atoms with Crippen molar-refractivity contribution in [3.63, 3.8) is 0 Å². The highest BCUT2D eigenvalue weighted by molar-refractivity contribution is 7.13. The summed E-state index contributed by atoms with van der Waals surface area (Å²) in [7, 11) is 1.97. The average Bonchev–Trinajstić information content (AvgIpc) is 1.97. The summed E-state index contributed by atoms with van der Waals surface area (Å²) in [4.78, 5) is 91.8. The molecule has 3 aliphatic rings. The van der Waals surface area contributed by atoms with Crippen molar-refractivity contribution in [3.05, 3.63) is 107 Å². The summed E-state index contributed by atoms with van der Waals surface area (Å²) in [5.74, 6) is -3.45. The number of aliphatic hydroxyl groups excluding tert-OH is 1. The van der Waals surface area contributed by atoms with Gasteiger partial charge in [-0.25, -0.2) is 23.7 Å². The number of β-amino-alcohol motifs (C(OH)–C–C–N with tert-alkyl or cyclic N) is 1. The summed E-state index contributed by atoms with van der Waals surface area (Å²) in [5, 5.41) is 13.2. The number of nitrogens with one attached hydrogen (secondary N) is 1. The Bertz CT molecular complexity index is 3130. The monoisotopic (exact) mass is 1200 g/mol. The minimum Gasteiger partial charge on any atom is -0.391 e. The molecule has 3 amide bonds. The molecule has 0 radical (unpaired) electrons. The number of unbranched alkanes of at least 4 members (excludes halogenated alkanes) is 6. The van der Waals surface area contributed by atoms with Crippen molar-refractivity contribution in [1.29, 1.82) is 0 Å². The van der Waals surface area contributed by atoms with Crippen LogP contribution in [0.1, 0.15) is 139 Å². The normalized spacial score (nSPS) is 19.1. The number of piperazine rings is 2. The number of alkyl halides is 3. The first-order chi connectivity index (χ1) is 40.4. The van der Waals surface area contributed by atoms with E-state index in [1.807, 2.05) is 93.1 Å². The Morgan fingerprint density at radius 1 is 0.765 bits per heavy atom. The van der Waals surface area contributed by atoms with E-state index in [1.165, 1.54) is 29.4 Å². The number of carbonyl (C=O) groups excluding carboxylic acids is 5. The Kier molecular flexibility index (Phi) is 21.3. The zero-order valence-electron chi connectivity index (χ0n) is 49.8. The number of Topliss-reactive ketones (excluding diaryl/α,β-unsaturated/α-hetero) is 2. The van der Waals surface area contributed by atoms with E-state index in [0.29, 0.717) is 70.9 Å². The van der Waals surface area contributed by atoms with Crippen molar-refractivity contribution in [3.8, 4) is 21.6 Å². The quantitative estimate of drug-likeness (QED) is 0.0469. The SMILES string of the molecule is Cc1ncsc1-c1ccc(CCC(=O)[C@@H]2C[C@@H](O)CN2C(=O)[C@@H](CC(=O)CCCCCCCCCC(=O)N2CCN(c3ncc(-c4cc(NC(=O)c5ccc(F)cc5C(F)(F)F)c(N5C[C@@H](C)N(C)[C@@H](C)C5)cc4F)cn3)CC2)C(C)(C)C)cc1. The summed E-state index contributed by atoms with van der Waals surface area (Å²) < 4.78 is 72.1. The zero-order valence-corrected chi connectivity index (χ0v) is 50.6. The van der Waals surface area contributed by atoms with Gasteiger partial charge in [0.25, 0.3) is 5.91 Å². The van der Waals surface area contributed by atoms with Gasteiger partial charge < -0.3 is 30.0 Å². The summed E-state index contributed by atoms with van der Waals surface area (Å²) in [6.45, 7) is 14.6. The highest BCUT2D eigenvalue weighted by atomic mass is 32.1. The maximum absolute atomic E-state index is 16.2. The first-order valence-electron chi connectivity index (χ1n) is 29.7. The van der Waals surface area contributed by atoms with Crippen molar-refractivity contribution >= 4 is 57.9 Å². The van der Waals surface area contributed by atoms with Crippen LogP contribution in [0.25, 0.3) is 21.6 Å². The molecule has 3 aromatic carbocycles. The fourth-order valence-electron chi connectivity index (χ4n) is 11.8. The Hall–Kier alpha value is -6.71. The largest absolute Gasteiger partial charge is 0.417 e. The number of halogens is 5. The molecular weight excluding hydrogens is 1120 g/mol. The number of anilines is 3. The van der Waals surface area contributed by atoms with E-state index in [-0.39, 0.29) is 89.8 Å². The first kappa shape index (κ1) is 64.3. The number of aryl methyl sites for hydroxylation is 2. The third-order valence-corrected chi connectivity index (χ3v) is 18.1. The fourth-order valence-corrected chi connectivity index (χ4v) is 12.6. The van der Waals surface area contributed by atoms with Crippen LogP contribution in [0.15, 0.2) is 72.5 Å². The van der Waals surface area contributed by atoms with E-state index in [0.717, 1.165) is 72.4 Å². The van der Waals surface area contributed by atoms with Gasteiger partial charge in [0.2, 0.25) is 17.8 Å². The molecule has 5 aromatic rings. The van der Waals surface area contributed by atoms with E-state index < -0.39 is 58.3 Å². The van der Waals surface area contributed by atoms with Crippen LogP contribution in [-0.2, 0) is 31.8 Å². The second kappa shape index (κ2) is 28.2. The molecule has 3 fully saturated rings. The van der Waals surface area contributed by atoms with E-state index in [1.54, 1.807) is 11.3 Å². The zero-order chi connectivity index (χ0) is 61.3. The number of aliphatic hydroxyl groups is 1. The lowest BCUT2D eigenvalue weighted by Crippen LogP contribution is -2.55. The van der Waals surface area contributed by atoms with Crippen LogP contribution in [-0.4, -0.2) is 141 Å². The van der Waals surface area contributed by atoms with Crippen LogP contribution < -0.4 is 15.1 Å². The van der Waals surface area contributed by atoms with Gasteiger partial charge in [0, 0.05) is 119 Å². The summed E-state index contributed by atoms with van der Waals surface area (Å²) in [6, 6.07) is 11.9.